The van der Waals surface area contributed by atoms with Crippen LogP contribution in [0.25, 0.3) is 0 Å². The van der Waals surface area contributed by atoms with Crippen LogP contribution < -0.4 is 0 Å². The number of aromatic nitrogens is 5. The van der Waals surface area contributed by atoms with Crippen molar-refractivity contribution in [2.75, 3.05) is 6.54 Å². The van der Waals surface area contributed by atoms with E-state index in [4.69, 9.17) is 18.5 Å². The first-order chi connectivity index (χ1) is 29.0. The maximum absolute atomic E-state index is 13.1. The van der Waals surface area contributed by atoms with Crippen molar-refractivity contribution >= 4 is 23.6 Å². The van der Waals surface area contributed by atoms with Gasteiger partial charge in [-0.2, -0.15) is 9.97 Å². The van der Waals surface area contributed by atoms with Crippen molar-refractivity contribution < 1.29 is 37.7 Å². The monoisotopic (exact) mass is 847 g/mol. The molecule has 0 radical (unpaired) electrons. The Hall–Kier alpha value is -4.49. The normalized spacial score (nSPS) is 17.4. The summed E-state index contributed by atoms with van der Waals surface area (Å²) in [6, 6.07) is 3.88. The number of pyridine rings is 1. The Bertz CT molecular complexity index is 1860. The van der Waals surface area contributed by atoms with E-state index in [-0.39, 0.29) is 60.0 Å². The maximum Gasteiger partial charge on any atom is 0.307 e. The SMILES string of the molecule is CC(=O)c1noc([C@H](CCCC2CCCCC2)CC(=O)OC(C)(C)C)n1.CC(C)(C)OC(=O)C[C@@H](CCCC1CCCCC1)c1nc(C(=O)N2CCc3ncccc3C2)no1. The number of nitrogens with zero attached hydrogens (tertiary/aromatic N) is 6. The van der Waals surface area contributed by atoms with Crippen molar-refractivity contribution in [3.8, 4) is 0 Å². The van der Waals surface area contributed by atoms with Crippen LogP contribution in [0.15, 0.2) is 27.4 Å². The molecule has 4 heterocycles. The van der Waals surface area contributed by atoms with E-state index in [9.17, 15) is 19.2 Å². The Labute approximate surface area is 362 Å². The Morgan fingerprint density at radius 2 is 1.23 bits per heavy atom. The molecule has 2 fully saturated rings. The van der Waals surface area contributed by atoms with Gasteiger partial charge in [0.15, 0.2) is 0 Å². The smallest absolute Gasteiger partial charge is 0.307 e. The van der Waals surface area contributed by atoms with Gasteiger partial charge in [-0.1, -0.05) is 106 Å². The van der Waals surface area contributed by atoms with E-state index < -0.39 is 11.2 Å². The van der Waals surface area contributed by atoms with Gasteiger partial charge in [-0.25, -0.2) is 0 Å². The average Bonchev–Trinajstić information content (AvgIpc) is 3.91. The van der Waals surface area contributed by atoms with E-state index >= 15 is 0 Å². The van der Waals surface area contributed by atoms with Gasteiger partial charge >= 0.3 is 11.9 Å². The number of Topliss-reactive ketones (excluding diaryl/α,β-unsaturated/α-hetero) is 1. The van der Waals surface area contributed by atoms with Gasteiger partial charge in [0.2, 0.25) is 23.4 Å². The Kier molecular flexibility index (Phi) is 17.6. The molecule has 2 saturated carbocycles. The topological polar surface area (TPSA) is 181 Å². The summed E-state index contributed by atoms with van der Waals surface area (Å²) in [7, 11) is 0. The van der Waals surface area contributed by atoms with E-state index in [2.05, 4.69) is 25.3 Å². The standard InChI is InChI=1S/C27H38N4O4.C20H32N2O4/c1-27(2,3)34-23(32)17-20(12-7-11-19-9-5-4-6-10-19)25-29-24(30-35-25)26(33)31-16-14-22-21(18-31)13-8-15-28-22;1-14(23)18-21-19(26-22-18)16(13-17(24)25-20(2,3)4)12-8-11-15-9-6-5-7-10-15/h8,13,15,19-20H,4-7,9-12,14,16-18H2,1-3H3;15-16H,5-13H2,1-4H3/t20-;16-/m11/s1. The molecule has 61 heavy (non-hydrogen) atoms. The van der Waals surface area contributed by atoms with Crippen LogP contribution in [0.5, 0.6) is 0 Å². The molecule has 0 saturated heterocycles. The molecule has 14 heteroatoms. The van der Waals surface area contributed by atoms with Crippen LogP contribution in [-0.2, 0) is 32.0 Å². The number of hydrogen-bond donors (Lipinski definition) is 0. The minimum atomic E-state index is -0.556. The fourth-order valence-corrected chi connectivity index (χ4v) is 8.76. The van der Waals surface area contributed by atoms with Gasteiger partial charge in [0.05, 0.1) is 12.8 Å². The van der Waals surface area contributed by atoms with Gasteiger partial charge in [0.25, 0.3) is 11.7 Å². The first-order valence-corrected chi connectivity index (χ1v) is 22.9. The number of amides is 1. The zero-order chi connectivity index (χ0) is 44.0. The number of ketones is 1. The lowest BCUT2D eigenvalue weighted by Crippen LogP contribution is -2.36. The van der Waals surface area contributed by atoms with Gasteiger partial charge in [-0.3, -0.25) is 24.2 Å². The molecule has 2 atom stereocenters. The highest BCUT2D eigenvalue weighted by molar-refractivity contribution is 5.90. The first-order valence-electron chi connectivity index (χ1n) is 22.9. The quantitative estimate of drug-likeness (QED) is 0.0982. The molecule has 0 spiro atoms. The summed E-state index contributed by atoms with van der Waals surface area (Å²) in [6.45, 7) is 13.6. The molecule has 3 aromatic heterocycles. The van der Waals surface area contributed by atoms with Crippen LogP contribution in [0.3, 0.4) is 0 Å². The highest BCUT2D eigenvalue weighted by Crippen LogP contribution is 2.33. The molecule has 2 aliphatic carbocycles. The second-order valence-electron chi connectivity index (χ2n) is 19.4. The Balaban J connectivity index is 0.000000242. The second kappa shape index (κ2) is 22.6. The Morgan fingerprint density at radius 1 is 0.738 bits per heavy atom. The number of esters is 2. The summed E-state index contributed by atoms with van der Waals surface area (Å²) in [4.78, 5) is 64.2. The minimum Gasteiger partial charge on any atom is -0.460 e. The summed E-state index contributed by atoms with van der Waals surface area (Å²) in [5.74, 6) is 0.883. The van der Waals surface area contributed by atoms with Crippen molar-refractivity contribution in [2.45, 2.75) is 200 Å². The minimum absolute atomic E-state index is 0.0498. The lowest BCUT2D eigenvalue weighted by Gasteiger charge is -2.26. The third-order valence-electron chi connectivity index (χ3n) is 11.8. The molecule has 14 nitrogen and oxygen atoms in total. The van der Waals surface area contributed by atoms with E-state index in [1.54, 1.807) is 11.1 Å². The van der Waals surface area contributed by atoms with Crippen LogP contribution in [-0.4, -0.2) is 71.5 Å². The highest BCUT2D eigenvalue weighted by Gasteiger charge is 2.31. The van der Waals surface area contributed by atoms with Gasteiger partial charge in [-0.15, -0.1) is 0 Å². The number of carbonyl (C=O) groups is 4. The largest absolute Gasteiger partial charge is 0.460 e. The second-order valence-corrected chi connectivity index (χ2v) is 19.4. The van der Waals surface area contributed by atoms with Crippen LogP contribution in [0, 0.1) is 11.8 Å². The molecule has 1 amide bonds. The van der Waals surface area contributed by atoms with Gasteiger partial charge in [0, 0.05) is 50.2 Å². The molecular formula is C47H70N6O8. The molecular weight excluding hydrogens is 777 g/mol. The summed E-state index contributed by atoms with van der Waals surface area (Å²) in [5, 5.41) is 7.73. The molecule has 336 valence electrons. The lowest BCUT2D eigenvalue weighted by molar-refractivity contribution is -0.156. The number of hydrogen-bond acceptors (Lipinski definition) is 13. The van der Waals surface area contributed by atoms with Crippen LogP contribution in [0.2, 0.25) is 0 Å². The maximum atomic E-state index is 13.1. The third kappa shape index (κ3) is 16.1. The Morgan fingerprint density at radius 3 is 1.70 bits per heavy atom. The number of carbonyl (C=O) groups excluding carboxylic acids is 4. The predicted molar refractivity (Wildman–Crippen MR) is 229 cm³/mol. The number of rotatable bonds is 16. The van der Waals surface area contributed by atoms with E-state index in [1.165, 1.54) is 77.6 Å². The summed E-state index contributed by atoms with van der Waals surface area (Å²) in [5.41, 5.74) is 0.990. The molecule has 0 unspecified atom stereocenters. The van der Waals surface area contributed by atoms with Crippen molar-refractivity contribution in [1.29, 1.82) is 0 Å². The van der Waals surface area contributed by atoms with Crippen molar-refractivity contribution in [3.63, 3.8) is 0 Å². The van der Waals surface area contributed by atoms with E-state index in [0.717, 1.165) is 55.2 Å². The molecule has 1 aliphatic heterocycles. The zero-order valence-corrected chi connectivity index (χ0v) is 37.8. The fraction of sp³-hybridized carbons (Fsp3) is 0.723. The van der Waals surface area contributed by atoms with Gasteiger partial charge in [0.1, 0.15) is 11.2 Å². The van der Waals surface area contributed by atoms with E-state index in [1.807, 2.05) is 53.7 Å². The van der Waals surface area contributed by atoms with Crippen molar-refractivity contribution in [2.24, 2.45) is 11.8 Å². The van der Waals surface area contributed by atoms with Crippen LogP contribution in [0.4, 0.5) is 0 Å². The predicted octanol–water partition coefficient (Wildman–Crippen LogP) is 10.1. The summed E-state index contributed by atoms with van der Waals surface area (Å²) >= 11 is 0. The highest BCUT2D eigenvalue weighted by atomic mass is 16.6. The molecule has 0 aromatic carbocycles. The van der Waals surface area contributed by atoms with Gasteiger partial charge < -0.3 is 23.4 Å². The van der Waals surface area contributed by atoms with Crippen molar-refractivity contribution in [1.82, 2.24) is 30.2 Å². The molecule has 0 N–H and O–H groups in total. The molecule has 6 rings (SSSR count). The fourth-order valence-electron chi connectivity index (χ4n) is 8.76. The van der Waals surface area contributed by atoms with E-state index in [0.29, 0.717) is 31.3 Å². The summed E-state index contributed by atoms with van der Waals surface area (Å²) in [6.07, 6.45) is 21.9. The molecule has 3 aliphatic rings. The average molecular weight is 847 g/mol. The van der Waals surface area contributed by atoms with Gasteiger partial charge in [-0.05, 0) is 77.8 Å². The summed E-state index contributed by atoms with van der Waals surface area (Å²) < 4.78 is 21.8. The third-order valence-corrected chi connectivity index (χ3v) is 11.8. The number of ether oxygens (including phenoxy) is 2. The van der Waals surface area contributed by atoms with Crippen LogP contribution >= 0.6 is 0 Å². The van der Waals surface area contributed by atoms with Crippen molar-refractivity contribution in [3.05, 3.63) is 53.0 Å². The zero-order valence-electron chi connectivity index (χ0n) is 37.8. The molecule has 3 aromatic rings. The number of fused-ring (bicyclic) bond motifs is 1. The first kappa shape index (κ1) is 47.6. The molecule has 0 bridgehead atoms. The lowest BCUT2D eigenvalue weighted by atomic mass is 9.84. The van der Waals surface area contributed by atoms with Crippen LogP contribution in [0.1, 0.15) is 220 Å².